The molecule has 0 aromatic carbocycles. The number of nitrogens with zero attached hydrogens (tertiary/aromatic N) is 1. The maximum atomic E-state index is 8.95. The fourth-order valence-electron chi connectivity index (χ4n) is 1.32. The number of anilines is 1. The van der Waals surface area contributed by atoms with Crippen LogP contribution in [0.5, 0.6) is 0 Å². The van der Waals surface area contributed by atoms with Crippen LogP contribution in [-0.2, 0) is 6.61 Å². The first-order valence-corrected chi connectivity index (χ1v) is 6.75. The van der Waals surface area contributed by atoms with E-state index in [9.17, 15) is 0 Å². The molecule has 14 heavy (non-hydrogen) atoms. The molecule has 1 aromatic rings. The lowest BCUT2D eigenvalue weighted by atomic mass is 10.3. The van der Waals surface area contributed by atoms with E-state index >= 15 is 0 Å². The van der Waals surface area contributed by atoms with Gasteiger partial charge in [-0.05, 0) is 12.2 Å². The molecule has 0 saturated carbocycles. The lowest BCUT2D eigenvalue weighted by molar-refractivity contribution is 0.285. The van der Waals surface area contributed by atoms with Gasteiger partial charge in [0.15, 0.2) is 5.13 Å². The van der Waals surface area contributed by atoms with Gasteiger partial charge in [-0.25, -0.2) is 4.98 Å². The quantitative estimate of drug-likeness (QED) is 0.864. The van der Waals surface area contributed by atoms with E-state index < -0.39 is 0 Å². The van der Waals surface area contributed by atoms with E-state index in [1.807, 2.05) is 11.8 Å². The third-order valence-corrected chi connectivity index (χ3v) is 4.61. The molecule has 1 unspecified atom stereocenters. The van der Waals surface area contributed by atoms with Crippen LogP contribution < -0.4 is 5.32 Å². The number of thiazole rings is 1. The fraction of sp³-hybridized carbons (Fsp3) is 0.625. The maximum absolute atomic E-state index is 8.95. The van der Waals surface area contributed by atoms with Gasteiger partial charge in [-0.15, -0.1) is 0 Å². The number of halogens is 1. The molecule has 2 rings (SSSR count). The van der Waals surface area contributed by atoms with Crippen LogP contribution in [0.3, 0.4) is 0 Å². The average Bonchev–Trinajstić information content (AvgIpc) is 2.76. The molecule has 1 atom stereocenters. The van der Waals surface area contributed by atoms with Crippen molar-refractivity contribution in [3.05, 3.63) is 10.0 Å². The molecule has 0 radical (unpaired) electrons. The molecular formula is C8H11ClN2OS2. The zero-order valence-corrected chi connectivity index (χ0v) is 9.88. The normalized spacial score (nSPS) is 21.4. The Labute approximate surface area is 95.9 Å². The van der Waals surface area contributed by atoms with E-state index in [0.29, 0.717) is 11.2 Å². The van der Waals surface area contributed by atoms with Gasteiger partial charge >= 0.3 is 0 Å². The second-order valence-corrected chi connectivity index (χ2v) is 5.69. The minimum absolute atomic E-state index is 0.0302. The first-order valence-electron chi connectivity index (χ1n) is 4.40. The molecule has 3 nitrogen and oxygen atoms in total. The van der Waals surface area contributed by atoms with Crippen molar-refractivity contribution in [2.24, 2.45) is 0 Å². The summed E-state index contributed by atoms with van der Waals surface area (Å²) < 4.78 is 0. The molecule has 1 aliphatic heterocycles. The minimum Gasteiger partial charge on any atom is -0.391 e. The van der Waals surface area contributed by atoms with E-state index in [1.165, 1.54) is 23.5 Å². The van der Waals surface area contributed by atoms with E-state index in [1.54, 1.807) is 0 Å². The van der Waals surface area contributed by atoms with Crippen molar-refractivity contribution < 1.29 is 5.11 Å². The predicted molar refractivity (Wildman–Crippen MR) is 62.4 cm³/mol. The Morgan fingerprint density at radius 2 is 2.50 bits per heavy atom. The summed E-state index contributed by atoms with van der Waals surface area (Å²) in [5.74, 6) is 2.34. The number of rotatable bonds is 3. The largest absolute Gasteiger partial charge is 0.391 e. The molecule has 6 heteroatoms. The van der Waals surface area contributed by atoms with Gasteiger partial charge in [0.05, 0.1) is 11.5 Å². The minimum atomic E-state index is -0.0302. The highest BCUT2D eigenvalue weighted by Crippen LogP contribution is 2.29. The Hall–Kier alpha value is 0.0300. The smallest absolute Gasteiger partial charge is 0.184 e. The summed E-state index contributed by atoms with van der Waals surface area (Å²) in [4.78, 5) is 4.88. The monoisotopic (exact) mass is 250 g/mol. The van der Waals surface area contributed by atoms with Gasteiger partial charge in [-0.1, -0.05) is 22.9 Å². The Morgan fingerprint density at radius 1 is 1.64 bits per heavy atom. The number of aliphatic hydroxyl groups is 1. The van der Waals surface area contributed by atoms with Gasteiger partial charge in [-0.3, -0.25) is 0 Å². The van der Waals surface area contributed by atoms with E-state index in [2.05, 4.69) is 10.3 Å². The summed E-state index contributed by atoms with van der Waals surface area (Å²) >= 11 is 9.21. The zero-order valence-electron chi connectivity index (χ0n) is 7.49. The summed E-state index contributed by atoms with van der Waals surface area (Å²) in [6.45, 7) is -0.0302. The van der Waals surface area contributed by atoms with Gasteiger partial charge in [-0.2, -0.15) is 11.8 Å². The number of hydrogen-bond donors (Lipinski definition) is 2. The lowest BCUT2D eigenvalue weighted by Gasteiger charge is -2.08. The average molecular weight is 251 g/mol. The van der Waals surface area contributed by atoms with Gasteiger partial charge < -0.3 is 10.4 Å². The maximum Gasteiger partial charge on any atom is 0.184 e. The summed E-state index contributed by atoms with van der Waals surface area (Å²) in [6, 6.07) is 0.508. The van der Waals surface area contributed by atoms with Crippen LogP contribution in [0.1, 0.15) is 11.3 Å². The van der Waals surface area contributed by atoms with Crippen molar-refractivity contribution in [1.29, 1.82) is 0 Å². The molecule has 2 heterocycles. The van der Waals surface area contributed by atoms with Gasteiger partial charge in [0.2, 0.25) is 0 Å². The molecule has 1 aromatic heterocycles. The Bertz CT molecular complexity index is 312. The second kappa shape index (κ2) is 4.70. The molecule has 2 N–H and O–H groups in total. The van der Waals surface area contributed by atoms with Gasteiger partial charge in [0, 0.05) is 11.8 Å². The third kappa shape index (κ3) is 2.34. The molecule has 78 valence electrons. The predicted octanol–water partition coefficient (Wildman–Crippen LogP) is 2.21. The molecule has 0 bridgehead atoms. The van der Waals surface area contributed by atoms with Crippen LogP contribution in [0.4, 0.5) is 5.13 Å². The highest BCUT2D eigenvalue weighted by Gasteiger charge is 2.17. The van der Waals surface area contributed by atoms with E-state index in [4.69, 9.17) is 16.7 Å². The number of aromatic nitrogens is 1. The molecule has 0 spiro atoms. The second-order valence-electron chi connectivity index (χ2n) is 3.10. The fourth-order valence-corrected chi connectivity index (χ4v) is 3.57. The molecular weight excluding hydrogens is 240 g/mol. The van der Waals surface area contributed by atoms with Crippen molar-refractivity contribution in [1.82, 2.24) is 4.98 Å². The van der Waals surface area contributed by atoms with Gasteiger partial charge in [0.1, 0.15) is 5.15 Å². The summed E-state index contributed by atoms with van der Waals surface area (Å²) in [6.07, 6.45) is 1.18. The topological polar surface area (TPSA) is 45.1 Å². The third-order valence-electron chi connectivity index (χ3n) is 2.05. The Balaban J connectivity index is 2.01. The molecule has 1 fully saturated rings. The molecule has 0 amide bonds. The van der Waals surface area contributed by atoms with Gasteiger partial charge in [0.25, 0.3) is 0 Å². The number of hydrogen-bond acceptors (Lipinski definition) is 5. The number of nitrogens with one attached hydrogen (secondary N) is 1. The van der Waals surface area contributed by atoms with Crippen LogP contribution in [0.25, 0.3) is 0 Å². The summed E-state index contributed by atoms with van der Waals surface area (Å²) in [7, 11) is 0. The van der Waals surface area contributed by atoms with E-state index in [0.717, 1.165) is 15.8 Å². The SMILES string of the molecule is OCc1sc(NC2CCSC2)nc1Cl. The number of aliphatic hydroxyl groups excluding tert-OH is 1. The van der Waals surface area contributed by atoms with Crippen LogP contribution >= 0.6 is 34.7 Å². The molecule has 0 aliphatic carbocycles. The first-order chi connectivity index (χ1) is 6.79. The van der Waals surface area contributed by atoms with Crippen molar-refractivity contribution in [2.75, 3.05) is 16.8 Å². The summed E-state index contributed by atoms with van der Waals surface area (Å²) in [5, 5.41) is 13.5. The summed E-state index contributed by atoms with van der Waals surface area (Å²) in [5.41, 5.74) is 0. The molecule has 1 aliphatic rings. The van der Waals surface area contributed by atoms with Crippen LogP contribution in [0.15, 0.2) is 0 Å². The number of thioether (sulfide) groups is 1. The van der Waals surface area contributed by atoms with Crippen LogP contribution in [0.2, 0.25) is 5.15 Å². The van der Waals surface area contributed by atoms with Crippen molar-refractivity contribution >= 4 is 39.8 Å². The molecule has 1 saturated heterocycles. The highest BCUT2D eigenvalue weighted by molar-refractivity contribution is 7.99. The van der Waals surface area contributed by atoms with Crippen molar-refractivity contribution in [3.8, 4) is 0 Å². The Kier molecular flexibility index (Phi) is 3.54. The zero-order chi connectivity index (χ0) is 9.97. The standard InChI is InChI=1S/C8H11ClN2OS2/c9-7-6(3-12)14-8(11-7)10-5-1-2-13-4-5/h5,12H,1-4H2,(H,10,11). The Morgan fingerprint density at radius 3 is 3.07 bits per heavy atom. The lowest BCUT2D eigenvalue weighted by Crippen LogP contribution is -2.17. The van der Waals surface area contributed by atoms with E-state index in [-0.39, 0.29) is 6.61 Å². The highest BCUT2D eigenvalue weighted by atomic mass is 35.5. The van der Waals surface area contributed by atoms with Crippen molar-refractivity contribution in [3.63, 3.8) is 0 Å². The van der Waals surface area contributed by atoms with Crippen LogP contribution in [0, 0.1) is 0 Å². The first kappa shape index (κ1) is 10.5. The van der Waals surface area contributed by atoms with Crippen LogP contribution in [-0.4, -0.2) is 27.6 Å². The van der Waals surface area contributed by atoms with Crippen molar-refractivity contribution in [2.45, 2.75) is 19.1 Å².